The molecule has 0 unspecified atom stereocenters. The van der Waals surface area contributed by atoms with Gasteiger partial charge in [-0.15, -0.1) is 0 Å². The largest absolute Gasteiger partial charge is 0.504 e. The molecule has 3 aromatic rings. The third-order valence-electron chi connectivity index (χ3n) is 4.50. The molecule has 0 saturated carbocycles. The lowest BCUT2D eigenvalue weighted by molar-refractivity contribution is -0.123. The van der Waals surface area contributed by atoms with Gasteiger partial charge in [-0.25, -0.2) is 0 Å². The number of hydrogen-bond donors (Lipinski definition) is 3. The van der Waals surface area contributed by atoms with Gasteiger partial charge in [0.25, 0.3) is 11.1 Å². The lowest BCUT2D eigenvalue weighted by Gasteiger charge is -2.13. The van der Waals surface area contributed by atoms with Gasteiger partial charge in [0, 0.05) is 0 Å². The summed E-state index contributed by atoms with van der Waals surface area (Å²) >= 11 is 0.807. The highest BCUT2D eigenvalue weighted by molar-refractivity contribution is 8.18. The van der Waals surface area contributed by atoms with Gasteiger partial charge in [-0.3, -0.25) is 14.5 Å². The van der Waals surface area contributed by atoms with Gasteiger partial charge in [0.05, 0.1) is 11.4 Å². The van der Waals surface area contributed by atoms with Crippen molar-refractivity contribution in [2.24, 2.45) is 0 Å². The molecule has 156 valence electrons. The summed E-state index contributed by atoms with van der Waals surface area (Å²) in [6, 6.07) is 18.8. The second kappa shape index (κ2) is 8.45. The number of carbonyl (C=O) groups excluding carboxylic acids is 2. The minimum atomic E-state index is -0.655. The SMILES string of the molecule is O=C1S/C(=C/c2ccc(Oc3ccccc3)cc2)C(=O)N1Cc1cc(O)c(O)c(O)c1. The van der Waals surface area contributed by atoms with Crippen LogP contribution < -0.4 is 4.74 Å². The van der Waals surface area contributed by atoms with Gasteiger partial charge >= 0.3 is 0 Å². The fraction of sp³-hybridized carbons (Fsp3) is 0.0435. The summed E-state index contributed by atoms with van der Waals surface area (Å²) in [5, 5.41) is 28.2. The van der Waals surface area contributed by atoms with E-state index in [9.17, 15) is 24.9 Å². The van der Waals surface area contributed by atoms with Crippen molar-refractivity contribution in [2.45, 2.75) is 6.54 Å². The number of imide groups is 1. The Morgan fingerprint density at radius 3 is 2.13 bits per heavy atom. The average molecular weight is 435 g/mol. The van der Waals surface area contributed by atoms with Crippen LogP contribution in [-0.2, 0) is 11.3 Å². The topological polar surface area (TPSA) is 107 Å². The molecule has 0 spiro atoms. The van der Waals surface area contributed by atoms with Crippen LogP contribution in [0.1, 0.15) is 11.1 Å². The number of nitrogens with zero attached hydrogens (tertiary/aromatic N) is 1. The number of hydrogen-bond acceptors (Lipinski definition) is 7. The molecular formula is C23H17NO6S. The number of phenols is 3. The smallest absolute Gasteiger partial charge is 0.293 e. The summed E-state index contributed by atoms with van der Waals surface area (Å²) in [5.74, 6) is -0.846. The normalized spacial score (nSPS) is 15.0. The van der Waals surface area contributed by atoms with Crippen LogP contribution in [0.25, 0.3) is 6.08 Å². The van der Waals surface area contributed by atoms with E-state index in [0.717, 1.165) is 22.2 Å². The van der Waals surface area contributed by atoms with Crippen LogP contribution in [0.15, 0.2) is 71.6 Å². The predicted octanol–water partition coefficient (Wildman–Crippen LogP) is 4.83. The monoisotopic (exact) mass is 435 g/mol. The summed E-state index contributed by atoms with van der Waals surface area (Å²) < 4.78 is 5.74. The van der Waals surface area contributed by atoms with E-state index in [1.165, 1.54) is 12.1 Å². The molecule has 7 nitrogen and oxygen atoms in total. The van der Waals surface area contributed by atoms with Crippen molar-refractivity contribution >= 4 is 29.0 Å². The molecule has 3 N–H and O–H groups in total. The van der Waals surface area contributed by atoms with Gasteiger partial charge in [0.2, 0.25) is 0 Å². The molecule has 1 aliphatic heterocycles. The third-order valence-corrected chi connectivity index (χ3v) is 5.41. The fourth-order valence-corrected chi connectivity index (χ4v) is 3.82. The van der Waals surface area contributed by atoms with Gasteiger partial charge in [0.15, 0.2) is 17.2 Å². The molecule has 0 atom stereocenters. The highest BCUT2D eigenvalue weighted by atomic mass is 32.2. The van der Waals surface area contributed by atoms with Crippen molar-refractivity contribution in [3.63, 3.8) is 0 Å². The summed E-state index contributed by atoms with van der Waals surface area (Å²) in [4.78, 5) is 26.3. The van der Waals surface area contributed by atoms with E-state index in [1.807, 2.05) is 30.3 Å². The highest BCUT2D eigenvalue weighted by Gasteiger charge is 2.35. The lowest BCUT2D eigenvalue weighted by atomic mass is 10.1. The second-order valence-electron chi connectivity index (χ2n) is 6.73. The number of carbonyl (C=O) groups is 2. The quantitative estimate of drug-likeness (QED) is 0.389. The fourth-order valence-electron chi connectivity index (χ4n) is 2.98. The van der Waals surface area contributed by atoms with Crippen molar-refractivity contribution in [1.29, 1.82) is 0 Å². The maximum atomic E-state index is 12.7. The molecule has 31 heavy (non-hydrogen) atoms. The minimum Gasteiger partial charge on any atom is -0.504 e. The van der Waals surface area contributed by atoms with Crippen LogP contribution in [0.5, 0.6) is 28.7 Å². The molecule has 0 aliphatic carbocycles. The summed E-state index contributed by atoms with van der Waals surface area (Å²) in [7, 11) is 0. The Morgan fingerprint density at radius 1 is 0.871 bits per heavy atom. The molecule has 1 heterocycles. The van der Waals surface area contributed by atoms with E-state index in [-0.39, 0.29) is 11.4 Å². The maximum Gasteiger partial charge on any atom is 0.293 e. The standard InChI is InChI=1S/C23H17NO6S/c25-18-10-15(11-19(26)21(18)27)13-24-22(28)20(31-23(24)29)12-14-6-8-17(9-7-14)30-16-4-2-1-3-5-16/h1-12,25-27H,13H2/b20-12+. The first kappa shape index (κ1) is 20.4. The van der Waals surface area contributed by atoms with Crippen LogP contribution in [-0.4, -0.2) is 31.4 Å². The second-order valence-corrected chi connectivity index (χ2v) is 7.73. The first-order chi connectivity index (χ1) is 14.9. The summed E-state index contributed by atoms with van der Waals surface area (Å²) in [6.07, 6.45) is 1.61. The van der Waals surface area contributed by atoms with Crippen molar-refractivity contribution in [3.05, 3.63) is 82.8 Å². The maximum absolute atomic E-state index is 12.7. The van der Waals surface area contributed by atoms with E-state index in [0.29, 0.717) is 17.1 Å². The lowest BCUT2D eigenvalue weighted by Crippen LogP contribution is -2.27. The molecule has 2 amide bonds. The molecule has 0 bridgehead atoms. The van der Waals surface area contributed by atoms with E-state index < -0.39 is 28.4 Å². The molecule has 4 rings (SSSR count). The average Bonchev–Trinajstić information content (AvgIpc) is 3.01. The first-order valence-electron chi connectivity index (χ1n) is 9.23. The Kier molecular flexibility index (Phi) is 5.55. The number of thioether (sulfide) groups is 1. The van der Waals surface area contributed by atoms with Gasteiger partial charge in [-0.2, -0.15) is 0 Å². The van der Waals surface area contributed by atoms with E-state index in [4.69, 9.17) is 4.74 Å². The Hall–Kier alpha value is -3.91. The molecule has 1 saturated heterocycles. The Morgan fingerprint density at radius 2 is 1.48 bits per heavy atom. The van der Waals surface area contributed by atoms with Crippen LogP contribution in [0.4, 0.5) is 4.79 Å². The zero-order valence-electron chi connectivity index (χ0n) is 16.1. The minimum absolute atomic E-state index is 0.146. The van der Waals surface area contributed by atoms with Crippen LogP contribution in [0.2, 0.25) is 0 Å². The molecule has 8 heteroatoms. The highest BCUT2D eigenvalue weighted by Crippen LogP contribution is 2.38. The van der Waals surface area contributed by atoms with Gasteiger partial charge in [-0.05, 0) is 65.4 Å². The van der Waals surface area contributed by atoms with Crippen LogP contribution in [0, 0.1) is 0 Å². The van der Waals surface area contributed by atoms with Gasteiger partial charge < -0.3 is 20.1 Å². The number of amides is 2. The molecule has 0 aromatic heterocycles. The molecule has 1 fully saturated rings. The Balaban J connectivity index is 1.48. The first-order valence-corrected chi connectivity index (χ1v) is 10.0. The van der Waals surface area contributed by atoms with Gasteiger partial charge in [-0.1, -0.05) is 30.3 Å². The predicted molar refractivity (Wildman–Crippen MR) is 116 cm³/mol. The van der Waals surface area contributed by atoms with Crippen LogP contribution >= 0.6 is 11.8 Å². The molecule has 1 aliphatic rings. The van der Waals surface area contributed by atoms with Gasteiger partial charge in [0.1, 0.15) is 11.5 Å². The van der Waals surface area contributed by atoms with Crippen LogP contribution in [0.3, 0.4) is 0 Å². The zero-order valence-corrected chi connectivity index (χ0v) is 16.9. The van der Waals surface area contributed by atoms with Crippen molar-refractivity contribution in [1.82, 2.24) is 4.90 Å². The number of phenolic OH excluding ortho intramolecular Hbond substituents is 3. The number of ether oxygens (including phenoxy) is 1. The number of para-hydroxylation sites is 1. The Labute approximate surface area is 181 Å². The summed E-state index contributed by atoms with van der Waals surface area (Å²) in [5.41, 5.74) is 1.03. The Bertz CT molecular complexity index is 1150. The number of benzene rings is 3. The van der Waals surface area contributed by atoms with E-state index >= 15 is 0 Å². The number of aromatic hydroxyl groups is 3. The third kappa shape index (κ3) is 4.49. The van der Waals surface area contributed by atoms with E-state index in [2.05, 4.69) is 0 Å². The molecular weight excluding hydrogens is 418 g/mol. The van der Waals surface area contributed by atoms with Crippen molar-refractivity contribution < 1.29 is 29.6 Å². The van der Waals surface area contributed by atoms with Crippen molar-refractivity contribution in [2.75, 3.05) is 0 Å². The van der Waals surface area contributed by atoms with Crippen molar-refractivity contribution in [3.8, 4) is 28.7 Å². The number of rotatable bonds is 5. The summed E-state index contributed by atoms with van der Waals surface area (Å²) in [6.45, 7) is -0.146. The molecule has 3 aromatic carbocycles. The molecule has 0 radical (unpaired) electrons. The van der Waals surface area contributed by atoms with E-state index in [1.54, 1.807) is 30.3 Å². The zero-order chi connectivity index (χ0) is 22.0.